The van der Waals surface area contributed by atoms with Crippen molar-refractivity contribution in [3.05, 3.63) is 59.9 Å². The third kappa shape index (κ3) is 5.42. The zero-order valence-electron chi connectivity index (χ0n) is 18.4. The molecule has 1 N–H and O–H groups in total. The fourth-order valence-electron chi connectivity index (χ4n) is 3.58. The summed E-state index contributed by atoms with van der Waals surface area (Å²) in [4.78, 5) is 32.1. The molecule has 7 nitrogen and oxygen atoms in total. The zero-order valence-corrected chi connectivity index (χ0v) is 18.4. The summed E-state index contributed by atoms with van der Waals surface area (Å²) >= 11 is 0. The number of hydrogen-bond donors (Lipinski definition) is 1. The Morgan fingerprint density at radius 2 is 1.71 bits per heavy atom. The maximum absolute atomic E-state index is 13.0. The van der Waals surface area contributed by atoms with Crippen LogP contribution in [0.5, 0.6) is 5.75 Å². The van der Waals surface area contributed by atoms with Gasteiger partial charge in [-0.2, -0.15) is 0 Å². The molecule has 164 valence electrons. The summed E-state index contributed by atoms with van der Waals surface area (Å²) < 4.78 is 7.04. The molecule has 2 amide bonds. The molecule has 0 saturated carbocycles. The van der Waals surface area contributed by atoms with Gasteiger partial charge in [0.25, 0.3) is 5.91 Å². The summed E-state index contributed by atoms with van der Waals surface area (Å²) in [5.41, 5.74) is 2.23. The number of imidazole rings is 1. The normalized spacial score (nSPS) is 10.8. The van der Waals surface area contributed by atoms with Crippen molar-refractivity contribution < 1.29 is 14.3 Å². The van der Waals surface area contributed by atoms with Crippen molar-refractivity contribution >= 4 is 22.8 Å². The third-order valence-corrected chi connectivity index (χ3v) is 5.13. The fourth-order valence-corrected chi connectivity index (χ4v) is 3.58. The van der Waals surface area contributed by atoms with E-state index in [4.69, 9.17) is 4.74 Å². The fraction of sp³-hybridized carbons (Fsp3) is 0.375. The number of benzene rings is 2. The highest BCUT2D eigenvalue weighted by Gasteiger charge is 2.18. The van der Waals surface area contributed by atoms with Gasteiger partial charge in [-0.3, -0.25) is 9.59 Å². The second-order valence-corrected chi connectivity index (χ2v) is 7.39. The van der Waals surface area contributed by atoms with Crippen LogP contribution in [0.4, 0.5) is 0 Å². The lowest BCUT2D eigenvalue weighted by Gasteiger charge is -2.22. The van der Waals surface area contributed by atoms with Crippen molar-refractivity contribution in [3.63, 3.8) is 0 Å². The third-order valence-electron chi connectivity index (χ3n) is 5.13. The van der Waals surface area contributed by atoms with Gasteiger partial charge in [0.05, 0.1) is 24.7 Å². The van der Waals surface area contributed by atoms with Crippen molar-refractivity contribution in [2.24, 2.45) is 0 Å². The van der Waals surface area contributed by atoms with E-state index in [1.807, 2.05) is 33.7 Å². The van der Waals surface area contributed by atoms with Gasteiger partial charge >= 0.3 is 0 Å². The highest BCUT2D eigenvalue weighted by Crippen LogP contribution is 2.17. The van der Waals surface area contributed by atoms with Gasteiger partial charge in [-0.25, -0.2) is 4.98 Å². The highest BCUT2D eigenvalue weighted by molar-refractivity contribution is 5.94. The minimum Gasteiger partial charge on any atom is -0.497 e. The minimum absolute atomic E-state index is 0.0644. The largest absolute Gasteiger partial charge is 0.497 e. The number of nitrogens with zero attached hydrogens (tertiary/aromatic N) is 3. The maximum atomic E-state index is 13.0. The SMILES string of the molecule is CCCN(CCC)C(=O)Cn1c(CNC(=O)c2ccc(OC)cc2)nc2ccccc21. The van der Waals surface area contributed by atoms with Crippen molar-refractivity contribution in [1.29, 1.82) is 0 Å². The van der Waals surface area contributed by atoms with Crippen molar-refractivity contribution in [3.8, 4) is 5.75 Å². The van der Waals surface area contributed by atoms with Crippen LogP contribution in [-0.2, 0) is 17.9 Å². The van der Waals surface area contributed by atoms with E-state index in [9.17, 15) is 9.59 Å². The molecular formula is C24H30N4O3. The molecule has 3 aromatic rings. The number of aromatic nitrogens is 2. The number of fused-ring (bicyclic) bond motifs is 1. The molecule has 0 bridgehead atoms. The van der Waals surface area contributed by atoms with E-state index >= 15 is 0 Å². The Labute approximate surface area is 183 Å². The number of amides is 2. The monoisotopic (exact) mass is 422 g/mol. The molecule has 0 saturated heterocycles. The lowest BCUT2D eigenvalue weighted by Crippen LogP contribution is -2.35. The average Bonchev–Trinajstić information content (AvgIpc) is 3.14. The van der Waals surface area contributed by atoms with E-state index in [-0.39, 0.29) is 24.9 Å². The Morgan fingerprint density at radius 1 is 1.03 bits per heavy atom. The number of ether oxygens (including phenoxy) is 1. The molecule has 1 aromatic heterocycles. The van der Waals surface area contributed by atoms with E-state index in [1.54, 1.807) is 31.4 Å². The van der Waals surface area contributed by atoms with E-state index < -0.39 is 0 Å². The van der Waals surface area contributed by atoms with Crippen LogP contribution in [0.3, 0.4) is 0 Å². The molecule has 0 radical (unpaired) electrons. The first-order chi connectivity index (χ1) is 15.1. The Hall–Kier alpha value is -3.35. The van der Waals surface area contributed by atoms with Gasteiger partial charge in [-0.1, -0.05) is 26.0 Å². The number of hydrogen-bond acceptors (Lipinski definition) is 4. The van der Waals surface area contributed by atoms with Crippen LogP contribution in [0.15, 0.2) is 48.5 Å². The number of carbonyl (C=O) groups excluding carboxylic acids is 2. The van der Waals surface area contributed by atoms with Crippen molar-refractivity contribution in [2.45, 2.75) is 39.8 Å². The van der Waals surface area contributed by atoms with Gasteiger partial charge in [-0.15, -0.1) is 0 Å². The highest BCUT2D eigenvalue weighted by atomic mass is 16.5. The van der Waals surface area contributed by atoms with Crippen LogP contribution >= 0.6 is 0 Å². The molecule has 3 rings (SSSR count). The summed E-state index contributed by atoms with van der Waals surface area (Å²) in [6.07, 6.45) is 1.84. The van der Waals surface area contributed by atoms with Crippen LogP contribution < -0.4 is 10.1 Å². The van der Waals surface area contributed by atoms with Gasteiger partial charge in [0.2, 0.25) is 5.91 Å². The van der Waals surface area contributed by atoms with E-state index in [2.05, 4.69) is 24.1 Å². The number of nitrogens with one attached hydrogen (secondary N) is 1. The first-order valence-corrected chi connectivity index (χ1v) is 10.7. The summed E-state index contributed by atoms with van der Waals surface area (Å²) in [6.45, 7) is 6.06. The number of rotatable bonds is 10. The first-order valence-electron chi connectivity index (χ1n) is 10.7. The number of carbonyl (C=O) groups is 2. The number of methoxy groups -OCH3 is 1. The Morgan fingerprint density at radius 3 is 2.35 bits per heavy atom. The van der Waals surface area contributed by atoms with Gasteiger partial charge < -0.3 is 19.5 Å². The summed E-state index contributed by atoms with van der Waals surface area (Å²) in [6, 6.07) is 14.7. The smallest absolute Gasteiger partial charge is 0.251 e. The molecule has 0 aliphatic rings. The molecule has 1 heterocycles. The lowest BCUT2D eigenvalue weighted by molar-refractivity contribution is -0.131. The second-order valence-electron chi connectivity index (χ2n) is 7.39. The molecule has 0 atom stereocenters. The molecule has 0 aliphatic carbocycles. The van der Waals surface area contributed by atoms with Crippen molar-refractivity contribution in [1.82, 2.24) is 19.8 Å². The summed E-state index contributed by atoms with van der Waals surface area (Å²) in [5, 5.41) is 2.92. The van der Waals surface area contributed by atoms with Crippen LogP contribution in [0, 0.1) is 0 Å². The van der Waals surface area contributed by atoms with E-state index in [0.29, 0.717) is 17.1 Å². The van der Waals surface area contributed by atoms with Crippen molar-refractivity contribution in [2.75, 3.05) is 20.2 Å². The van der Waals surface area contributed by atoms with E-state index in [0.717, 1.165) is 37.0 Å². The van der Waals surface area contributed by atoms with Crippen LogP contribution in [-0.4, -0.2) is 46.5 Å². The lowest BCUT2D eigenvalue weighted by atomic mass is 10.2. The number of para-hydroxylation sites is 2. The van der Waals surface area contributed by atoms with Gasteiger partial charge in [0, 0.05) is 18.7 Å². The molecule has 2 aromatic carbocycles. The standard InChI is InChI=1S/C24H30N4O3/c1-4-14-27(15-5-2)23(29)17-28-21-9-7-6-8-20(21)26-22(28)16-25-24(30)18-10-12-19(31-3)13-11-18/h6-13H,4-5,14-17H2,1-3H3,(H,25,30). The molecule has 0 aliphatic heterocycles. The Bertz CT molecular complexity index is 1020. The Kier molecular flexibility index (Phi) is 7.65. The molecule has 0 spiro atoms. The quantitative estimate of drug-likeness (QED) is 0.541. The molecule has 31 heavy (non-hydrogen) atoms. The molecule has 0 unspecified atom stereocenters. The topological polar surface area (TPSA) is 76.5 Å². The van der Waals surface area contributed by atoms with Gasteiger partial charge in [-0.05, 0) is 49.2 Å². The second kappa shape index (κ2) is 10.6. The van der Waals surface area contributed by atoms with E-state index in [1.165, 1.54) is 0 Å². The molecule has 0 fully saturated rings. The zero-order chi connectivity index (χ0) is 22.2. The minimum atomic E-state index is -0.203. The Balaban J connectivity index is 1.79. The molecular weight excluding hydrogens is 392 g/mol. The summed E-state index contributed by atoms with van der Waals surface area (Å²) in [5.74, 6) is 1.21. The van der Waals surface area contributed by atoms with Crippen LogP contribution in [0.1, 0.15) is 42.9 Å². The van der Waals surface area contributed by atoms with Crippen LogP contribution in [0.25, 0.3) is 11.0 Å². The van der Waals surface area contributed by atoms with Crippen LogP contribution in [0.2, 0.25) is 0 Å². The maximum Gasteiger partial charge on any atom is 0.251 e. The first kappa shape index (κ1) is 22.3. The van der Waals surface area contributed by atoms with Gasteiger partial charge in [0.15, 0.2) is 0 Å². The molecule has 7 heteroatoms. The van der Waals surface area contributed by atoms with Gasteiger partial charge in [0.1, 0.15) is 18.1 Å². The average molecular weight is 423 g/mol. The summed E-state index contributed by atoms with van der Waals surface area (Å²) in [7, 11) is 1.59. The predicted molar refractivity (Wildman–Crippen MR) is 121 cm³/mol. The predicted octanol–water partition coefficient (Wildman–Crippen LogP) is 3.62.